The molecule has 1 heterocycles. The minimum absolute atomic E-state index is 0.461. The van der Waals surface area contributed by atoms with Crippen LogP contribution in [0.15, 0.2) is 0 Å². The zero-order chi connectivity index (χ0) is 15.1. The topological polar surface area (TPSA) is 24.1 Å². The lowest BCUT2D eigenvalue weighted by molar-refractivity contribution is 0.228. The molecule has 0 spiro atoms. The predicted molar refractivity (Wildman–Crippen MR) is 92.7 cm³/mol. The van der Waals surface area contributed by atoms with Gasteiger partial charge < -0.3 is 10.6 Å². The van der Waals surface area contributed by atoms with Gasteiger partial charge in [-0.1, -0.05) is 52.9 Å². The summed E-state index contributed by atoms with van der Waals surface area (Å²) in [4.78, 5) is 0. The number of piperidine rings is 1. The van der Waals surface area contributed by atoms with Crippen molar-refractivity contribution < 1.29 is 0 Å². The van der Waals surface area contributed by atoms with Crippen molar-refractivity contribution in [2.75, 3.05) is 13.1 Å². The summed E-state index contributed by atoms with van der Waals surface area (Å²) in [6.45, 7) is 9.63. The van der Waals surface area contributed by atoms with Gasteiger partial charge in [0.05, 0.1) is 0 Å². The molecule has 2 heteroatoms. The van der Waals surface area contributed by atoms with E-state index in [1.807, 2.05) is 0 Å². The van der Waals surface area contributed by atoms with Crippen LogP contribution in [-0.4, -0.2) is 25.2 Å². The average molecular weight is 295 g/mol. The molecule has 0 radical (unpaired) electrons. The van der Waals surface area contributed by atoms with Crippen LogP contribution in [0, 0.1) is 11.3 Å². The molecule has 2 N–H and O–H groups in total. The second-order valence-corrected chi connectivity index (χ2v) is 8.26. The van der Waals surface area contributed by atoms with Gasteiger partial charge in [0.25, 0.3) is 0 Å². The maximum atomic E-state index is 3.96. The van der Waals surface area contributed by atoms with E-state index in [-0.39, 0.29) is 0 Å². The monoisotopic (exact) mass is 294 g/mol. The molecule has 2 rings (SSSR count). The molecule has 1 saturated heterocycles. The summed E-state index contributed by atoms with van der Waals surface area (Å²) in [7, 11) is 0. The number of hydrogen-bond donors (Lipinski definition) is 2. The molecule has 1 aliphatic carbocycles. The lowest BCUT2D eigenvalue weighted by atomic mass is 9.85. The molecule has 21 heavy (non-hydrogen) atoms. The van der Waals surface area contributed by atoms with Crippen LogP contribution in [0.25, 0.3) is 0 Å². The Labute approximate surface area is 132 Å². The molecule has 3 atom stereocenters. The largest absolute Gasteiger partial charge is 0.314 e. The SMILES string of the molecule is CCCCCC(C)(C)CNC1CCCC1C1CCCCN1. The van der Waals surface area contributed by atoms with Crippen molar-refractivity contribution in [1.29, 1.82) is 0 Å². The minimum Gasteiger partial charge on any atom is -0.314 e. The molecular formula is C19H38N2. The van der Waals surface area contributed by atoms with E-state index in [4.69, 9.17) is 0 Å². The number of hydrogen-bond acceptors (Lipinski definition) is 2. The summed E-state index contributed by atoms with van der Waals surface area (Å²) in [6, 6.07) is 1.56. The van der Waals surface area contributed by atoms with Crippen LogP contribution in [0.3, 0.4) is 0 Å². The third kappa shape index (κ3) is 5.56. The minimum atomic E-state index is 0.461. The summed E-state index contributed by atoms with van der Waals surface area (Å²) in [6.07, 6.45) is 14.0. The Morgan fingerprint density at radius 3 is 2.62 bits per heavy atom. The van der Waals surface area contributed by atoms with Crippen LogP contribution in [-0.2, 0) is 0 Å². The quantitative estimate of drug-likeness (QED) is 0.644. The first-order valence-corrected chi connectivity index (χ1v) is 9.59. The Bertz CT molecular complexity index is 281. The fourth-order valence-electron chi connectivity index (χ4n) is 4.32. The molecule has 0 amide bonds. The van der Waals surface area contributed by atoms with Gasteiger partial charge in [0, 0.05) is 18.6 Å². The number of rotatable bonds is 8. The van der Waals surface area contributed by atoms with Crippen LogP contribution in [0.2, 0.25) is 0 Å². The highest BCUT2D eigenvalue weighted by atomic mass is 15.0. The fourth-order valence-corrected chi connectivity index (χ4v) is 4.32. The maximum absolute atomic E-state index is 3.96. The Balaban J connectivity index is 1.75. The Hall–Kier alpha value is -0.0800. The van der Waals surface area contributed by atoms with Gasteiger partial charge in [-0.3, -0.25) is 0 Å². The van der Waals surface area contributed by atoms with Crippen LogP contribution < -0.4 is 10.6 Å². The molecule has 0 bridgehead atoms. The van der Waals surface area contributed by atoms with Crippen LogP contribution >= 0.6 is 0 Å². The van der Waals surface area contributed by atoms with E-state index in [1.165, 1.54) is 77.3 Å². The summed E-state index contributed by atoms with van der Waals surface area (Å²) < 4.78 is 0. The predicted octanol–water partition coefficient (Wildman–Crippen LogP) is 4.49. The summed E-state index contributed by atoms with van der Waals surface area (Å²) in [5, 5.41) is 7.75. The second kappa shape index (κ2) is 8.53. The number of nitrogens with one attached hydrogen (secondary N) is 2. The van der Waals surface area contributed by atoms with Gasteiger partial charge >= 0.3 is 0 Å². The highest BCUT2D eigenvalue weighted by Gasteiger charge is 2.34. The van der Waals surface area contributed by atoms with E-state index in [2.05, 4.69) is 31.4 Å². The van der Waals surface area contributed by atoms with Crippen molar-refractivity contribution in [3.63, 3.8) is 0 Å². The van der Waals surface area contributed by atoms with Crippen LogP contribution in [0.5, 0.6) is 0 Å². The van der Waals surface area contributed by atoms with E-state index in [9.17, 15) is 0 Å². The summed E-state index contributed by atoms with van der Waals surface area (Å²) in [5.41, 5.74) is 0.461. The van der Waals surface area contributed by atoms with Gasteiger partial charge in [0.1, 0.15) is 0 Å². The highest BCUT2D eigenvalue weighted by Crippen LogP contribution is 2.32. The average Bonchev–Trinajstić information content (AvgIpc) is 2.95. The smallest absolute Gasteiger partial charge is 0.0110 e. The van der Waals surface area contributed by atoms with Crippen molar-refractivity contribution in [3.8, 4) is 0 Å². The van der Waals surface area contributed by atoms with Crippen molar-refractivity contribution in [2.45, 2.75) is 97.1 Å². The molecule has 3 unspecified atom stereocenters. The van der Waals surface area contributed by atoms with Gasteiger partial charge in [-0.2, -0.15) is 0 Å². The summed E-state index contributed by atoms with van der Waals surface area (Å²) in [5.74, 6) is 0.886. The molecule has 2 aliphatic rings. The highest BCUT2D eigenvalue weighted by molar-refractivity contribution is 4.93. The van der Waals surface area contributed by atoms with E-state index in [0.29, 0.717) is 5.41 Å². The molecule has 2 fully saturated rings. The number of unbranched alkanes of at least 4 members (excludes halogenated alkanes) is 2. The Morgan fingerprint density at radius 2 is 1.90 bits per heavy atom. The second-order valence-electron chi connectivity index (χ2n) is 8.26. The lowest BCUT2D eigenvalue weighted by Gasteiger charge is -2.35. The molecule has 1 saturated carbocycles. The van der Waals surface area contributed by atoms with Crippen LogP contribution in [0.4, 0.5) is 0 Å². The first-order valence-electron chi connectivity index (χ1n) is 9.59. The maximum Gasteiger partial charge on any atom is 0.0110 e. The Kier molecular flexibility index (Phi) is 7.01. The van der Waals surface area contributed by atoms with Crippen LogP contribution in [0.1, 0.15) is 85.0 Å². The van der Waals surface area contributed by atoms with Gasteiger partial charge in [0.2, 0.25) is 0 Å². The normalized spacial score (nSPS) is 30.7. The van der Waals surface area contributed by atoms with Gasteiger partial charge in [-0.05, 0) is 50.0 Å². The van der Waals surface area contributed by atoms with E-state index in [1.54, 1.807) is 0 Å². The van der Waals surface area contributed by atoms with E-state index < -0.39 is 0 Å². The zero-order valence-electron chi connectivity index (χ0n) is 14.7. The Morgan fingerprint density at radius 1 is 1.05 bits per heavy atom. The summed E-state index contributed by atoms with van der Waals surface area (Å²) >= 11 is 0. The third-order valence-corrected chi connectivity index (χ3v) is 5.73. The lowest BCUT2D eigenvalue weighted by Crippen LogP contribution is -2.48. The van der Waals surface area contributed by atoms with E-state index >= 15 is 0 Å². The fraction of sp³-hybridized carbons (Fsp3) is 1.00. The standard InChI is InChI=1S/C19H38N2/c1-4-5-7-13-19(2,3)15-21-18-12-9-10-16(18)17-11-6-8-14-20-17/h16-18,20-21H,4-15H2,1-3H3. The third-order valence-electron chi connectivity index (χ3n) is 5.73. The van der Waals surface area contributed by atoms with Gasteiger partial charge in [-0.15, -0.1) is 0 Å². The van der Waals surface area contributed by atoms with Gasteiger partial charge in [0.15, 0.2) is 0 Å². The van der Waals surface area contributed by atoms with Gasteiger partial charge in [-0.25, -0.2) is 0 Å². The molecule has 0 aromatic carbocycles. The first kappa shape index (κ1) is 17.3. The van der Waals surface area contributed by atoms with Crippen molar-refractivity contribution in [1.82, 2.24) is 10.6 Å². The zero-order valence-corrected chi connectivity index (χ0v) is 14.7. The molecule has 0 aromatic heterocycles. The van der Waals surface area contributed by atoms with E-state index in [0.717, 1.165) is 18.0 Å². The molecular weight excluding hydrogens is 256 g/mol. The first-order chi connectivity index (χ1) is 10.1. The molecule has 1 aliphatic heterocycles. The van der Waals surface area contributed by atoms with Crippen molar-refractivity contribution in [2.24, 2.45) is 11.3 Å². The molecule has 124 valence electrons. The van der Waals surface area contributed by atoms with Crippen molar-refractivity contribution >= 4 is 0 Å². The molecule has 0 aromatic rings. The molecule has 2 nitrogen and oxygen atoms in total. The van der Waals surface area contributed by atoms with Crippen molar-refractivity contribution in [3.05, 3.63) is 0 Å².